The van der Waals surface area contributed by atoms with Gasteiger partial charge in [0.05, 0.1) is 21.7 Å². The number of rotatable bonds is 10. The van der Waals surface area contributed by atoms with Gasteiger partial charge in [0.1, 0.15) is 5.82 Å². The Hall–Kier alpha value is -3.58. The van der Waals surface area contributed by atoms with Crippen molar-refractivity contribution in [2.24, 2.45) is 5.73 Å². The quantitative estimate of drug-likeness (QED) is 0.219. The number of nitrogens with one attached hydrogen (secondary N) is 2. The first-order valence-electron chi connectivity index (χ1n) is 12.0. The van der Waals surface area contributed by atoms with E-state index in [1.807, 2.05) is 54.1 Å². The van der Waals surface area contributed by atoms with Crippen LogP contribution in [0.1, 0.15) is 29.4 Å². The van der Waals surface area contributed by atoms with Crippen LogP contribution in [0, 0.1) is 0 Å². The third kappa shape index (κ3) is 6.45. The lowest BCUT2D eigenvalue weighted by atomic mass is 10.1. The first-order valence-corrected chi connectivity index (χ1v) is 14.7. The average Bonchev–Trinajstić information content (AvgIpc) is 3.26. The Morgan fingerprint density at radius 2 is 1.68 bits per heavy atom. The number of sulfonamides is 1. The molecule has 200 valence electrons. The van der Waals surface area contributed by atoms with Gasteiger partial charge in [-0.3, -0.25) is 4.57 Å². The number of urea groups is 1. The molecule has 1 unspecified atom stereocenters. The third-order valence-electron chi connectivity index (χ3n) is 5.98. The molecule has 38 heavy (non-hydrogen) atoms. The Labute approximate surface area is 223 Å². The number of imidazole rings is 1. The number of hydrogen-bond donors (Lipinski definition) is 4. The zero-order valence-electron chi connectivity index (χ0n) is 20.8. The molecule has 0 saturated carbocycles. The van der Waals surface area contributed by atoms with Crippen LogP contribution in [0.5, 0.6) is 0 Å². The number of amides is 2. The van der Waals surface area contributed by atoms with Crippen LogP contribution in [0.25, 0.3) is 16.7 Å². The standard InChI is InChI=1S/C26H29N5O5S2/c1-2-25-29-23-15-20(17-37(33)34)7-12-24(23)31(25)21-8-3-18(4-9-21)13-14-28-26(32)30-38(35,36)22-10-5-19(16-27)6-11-22/h3-12,15H,2,13-14,16-17,27H2,1H3,(H,33,34)(H2,28,30,32). The molecule has 4 rings (SSSR count). The number of benzene rings is 3. The van der Waals surface area contributed by atoms with Crippen LogP contribution in [0.2, 0.25) is 0 Å². The van der Waals surface area contributed by atoms with E-state index in [-0.39, 0.29) is 17.2 Å². The highest BCUT2D eigenvalue weighted by Crippen LogP contribution is 2.24. The summed E-state index contributed by atoms with van der Waals surface area (Å²) in [5.74, 6) is 0.922. The van der Waals surface area contributed by atoms with E-state index in [1.165, 1.54) is 12.1 Å². The Morgan fingerprint density at radius 3 is 2.32 bits per heavy atom. The van der Waals surface area contributed by atoms with Crippen molar-refractivity contribution < 1.29 is 22.0 Å². The predicted octanol–water partition coefficient (Wildman–Crippen LogP) is 3.00. The minimum atomic E-state index is -3.98. The summed E-state index contributed by atoms with van der Waals surface area (Å²) in [6.07, 6.45) is 1.21. The number of carbonyl (C=O) groups excluding carboxylic acids is 1. The largest absolute Gasteiger partial charge is 0.337 e. The summed E-state index contributed by atoms with van der Waals surface area (Å²) in [6, 6.07) is 18.6. The molecule has 5 N–H and O–H groups in total. The van der Waals surface area contributed by atoms with Gasteiger partial charge in [-0.2, -0.15) is 0 Å². The predicted molar refractivity (Wildman–Crippen MR) is 147 cm³/mol. The van der Waals surface area contributed by atoms with E-state index in [4.69, 9.17) is 10.7 Å². The van der Waals surface area contributed by atoms with E-state index in [9.17, 15) is 22.0 Å². The van der Waals surface area contributed by atoms with Gasteiger partial charge in [-0.05, 0) is 59.5 Å². The number of nitrogens with zero attached hydrogens (tertiary/aromatic N) is 2. The molecule has 3 aromatic carbocycles. The Bertz CT molecular complexity index is 1570. The second kappa shape index (κ2) is 11.9. The maximum atomic E-state index is 12.4. The van der Waals surface area contributed by atoms with E-state index in [0.29, 0.717) is 19.4 Å². The van der Waals surface area contributed by atoms with Gasteiger partial charge in [-0.25, -0.2) is 27.1 Å². The Kier molecular flexibility index (Phi) is 8.57. The lowest BCUT2D eigenvalue weighted by Crippen LogP contribution is -2.40. The Balaban J connectivity index is 1.38. The number of nitrogens with two attached hydrogens (primary N) is 1. The molecule has 0 bridgehead atoms. The Morgan fingerprint density at radius 1 is 1.03 bits per heavy atom. The third-order valence-corrected chi connectivity index (χ3v) is 7.91. The van der Waals surface area contributed by atoms with Gasteiger partial charge in [-0.1, -0.05) is 37.3 Å². The number of fused-ring (bicyclic) bond motifs is 1. The number of hydrogen-bond acceptors (Lipinski definition) is 6. The number of carbonyl (C=O) groups is 1. The van der Waals surface area contributed by atoms with Crippen molar-refractivity contribution in [1.29, 1.82) is 0 Å². The summed E-state index contributed by atoms with van der Waals surface area (Å²) < 4.78 is 49.2. The van der Waals surface area contributed by atoms with Gasteiger partial charge in [-0.15, -0.1) is 0 Å². The fraction of sp³-hybridized carbons (Fsp3) is 0.231. The molecular weight excluding hydrogens is 526 g/mol. The van der Waals surface area contributed by atoms with Gasteiger partial charge < -0.3 is 15.6 Å². The fourth-order valence-corrected chi connectivity index (χ4v) is 5.48. The zero-order valence-corrected chi connectivity index (χ0v) is 22.4. The van der Waals surface area contributed by atoms with Gasteiger partial charge >= 0.3 is 6.03 Å². The molecule has 0 aliphatic carbocycles. The second-order valence-electron chi connectivity index (χ2n) is 8.63. The van der Waals surface area contributed by atoms with E-state index in [0.717, 1.165) is 39.2 Å². The molecule has 1 aromatic heterocycles. The minimum absolute atomic E-state index is 0.0153. The summed E-state index contributed by atoms with van der Waals surface area (Å²) in [5, 5.41) is 2.58. The molecule has 2 amide bonds. The highest BCUT2D eigenvalue weighted by molar-refractivity contribution is 7.90. The van der Waals surface area contributed by atoms with Crippen molar-refractivity contribution in [1.82, 2.24) is 19.6 Å². The summed E-state index contributed by atoms with van der Waals surface area (Å²) in [4.78, 5) is 16.9. The van der Waals surface area contributed by atoms with Crippen LogP contribution in [-0.4, -0.2) is 39.3 Å². The van der Waals surface area contributed by atoms with E-state index in [1.54, 1.807) is 12.1 Å². The van der Waals surface area contributed by atoms with Crippen LogP contribution in [0.3, 0.4) is 0 Å². The van der Waals surface area contributed by atoms with Crippen molar-refractivity contribution in [3.8, 4) is 5.69 Å². The van der Waals surface area contributed by atoms with Gasteiger partial charge in [0.25, 0.3) is 10.0 Å². The molecule has 0 fully saturated rings. The molecule has 4 aromatic rings. The molecule has 1 heterocycles. The molecule has 0 saturated heterocycles. The molecular formula is C26H29N5O5S2. The zero-order chi connectivity index (χ0) is 27.3. The van der Waals surface area contributed by atoms with Crippen molar-refractivity contribution in [3.05, 3.63) is 89.2 Å². The first-order chi connectivity index (χ1) is 18.2. The number of aryl methyl sites for hydroxylation is 1. The summed E-state index contributed by atoms with van der Waals surface area (Å²) in [7, 11) is -3.98. The van der Waals surface area contributed by atoms with Crippen LogP contribution >= 0.6 is 0 Å². The van der Waals surface area contributed by atoms with Crippen LogP contribution < -0.4 is 15.8 Å². The monoisotopic (exact) mass is 555 g/mol. The lowest BCUT2D eigenvalue weighted by Gasteiger charge is -2.11. The molecule has 0 aliphatic rings. The summed E-state index contributed by atoms with van der Waals surface area (Å²) in [6.45, 7) is 2.56. The lowest BCUT2D eigenvalue weighted by molar-refractivity contribution is 0.246. The molecule has 0 radical (unpaired) electrons. The van der Waals surface area contributed by atoms with Crippen molar-refractivity contribution in [3.63, 3.8) is 0 Å². The molecule has 0 spiro atoms. The number of aromatic nitrogens is 2. The normalized spacial score (nSPS) is 12.4. The maximum Gasteiger partial charge on any atom is 0.328 e. The molecule has 0 aliphatic heterocycles. The maximum absolute atomic E-state index is 12.4. The molecule has 12 heteroatoms. The SMILES string of the molecule is CCc1nc2cc(CS(=O)O)ccc2n1-c1ccc(CCNC(=O)NS(=O)(=O)c2ccc(CN)cc2)cc1. The van der Waals surface area contributed by atoms with E-state index >= 15 is 0 Å². The first kappa shape index (κ1) is 27.5. The molecule has 1 atom stereocenters. The molecule has 10 nitrogen and oxygen atoms in total. The fourth-order valence-electron chi connectivity index (χ4n) is 4.09. The highest BCUT2D eigenvalue weighted by Gasteiger charge is 2.17. The van der Waals surface area contributed by atoms with E-state index < -0.39 is 27.1 Å². The topological polar surface area (TPSA) is 156 Å². The van der Waals surface area contributed by atoms with Crippen LogP contribution in [-0.2, 0) is 46.2 Å². The van der Waals surface area contributed by atoms with E-state index in [2.05, 4.69) is 9.88 Å². The smallest absolute Gasteiger partial charge is 0.328 e. The van der Waals surface area contributed by atoms with Gasteiger partial charge in [0.15, 0.2) is 11.1 Å². The van der Waals surface area contributed by atoms with Gasteiger partial charge in [0.2, 0.25) is 0 Å². The summed E-state index contributed by atoms with van der Waals surface area (Å²) >= 11 is -1.92. The van der Waals surface area contributed by atoms with Gasteiger partial charge in [0, 0.05) is 25.2 Å². The summed E-state index contributed by atoms with van der Waals surface area (Å²) in [5.41, 5.74) is 10.6. The highest BCUT2D eigenvalue weighted by atomic mass is 32.2. The van der Waals surface area contributed by atoms with Crippen LogP contribution in [0.15, 0.2) is 71.6 Å². The second-order valence-corrected chi connectivity index (χ2v) is 11.2. The van der Waals surface area contributed by atoms with Crippen LogP contribution in [0.4, 0.5) is 4.79 Å². The van der Waals surface area contributed by atoms with Crippen molar-refractivity contribution in [2.75, 3.05) is 6.54 Å². The van der Waals surface area contributed by atoms with Crippen molar-refractivity contribution in [2.45, 2.75) is 37.0 Å². The average molecular weight is 556 g/mol. The minimum Gasteiger partial charge on any atom is -0.337 e. The van der Waals surface area contributed by atoms with Crippen molar-refractivity contribution >= 4 is 38.2 Å².